The quantitative estimate of drug-likeness (QED) is 0.164. The second-order valence-corrected chi connectivity index (χ2v) is 3.32. The van der Waals surface area contributed by atoms with Crippen molar-refractivity contribution >= 4 is 5.97 Å². The topological polar surface area (TPSA) is 57.3 Å². The minimum absolute atomic E-state index is 0.149. The smallest absolute Gasteiger partial charge is 0.352 e. The molecule has 0 aromatic rings. The number of rotatable bonds is 7. The third kappa shape index (κ3) is 4.04. The second-order valence-electron chi connectivity index (χ2n) is 3.32. The monoisotopic (exact) mass is 228 g/mol. The fraction of sp³-hybridized carbons (Fsp3) is 0.545. The van der Waals surface area contributed by atoms with E-state index in [0.717, 1.165) is 0 Å². The van der Waals surface area contributed by atoms with Gasteiger partial charge >= 0.3 is 11.9 Å². The highest BCUT2D eigenvalue weighted by Gasteiger charge is 2.49. The van der Waals surface area contributed by atoms with Gasteiger partial charge in [0.1, 0.15) is 13.2 Å². The molecule has 1 unspecified atom stereocenters. The zero-order chi connectivity index (χ0) is 12.0. The molecule has 1 aliphatic heterocycles. The van der Waals surface area contributed by atoms with Crippen LogP contribution in [-0.2, 0) is 23.7 Å². The Labute approximate surface area is 94.6 Å². The minimum Gasteiger partial charge on any atom is -0.460 e. The van der Waals surface area contributed by atoms with Gasteiger partial charge in [0.05, 0.1) is 12.9 Å². The van der Waals surface area contributed by atoms with Crippen LogP contribution in [0.5, 0.6) is 0 Å². The molecule has 5 heteroatoms. The van der Waals surface area contributed by atoms with Crippen LogP contribution >= 0.6 is 0 Å². The molecule has 0 saturated carbocycles. The summed E-state index contributed by atoms with van der Waals surface area (Å²) in [5, 5.41) is 0. The Balaban J connectivity index is 2.11. The lowest BCUT2D eigenvalue weighted by Crippen LogP contribution is -2.22. The standard InChI is InChI=1S/C11H16O5/c1-4-5-14-11(8-16-11)15-7-6-13-10(12)9(2)3/h4-5H,2,6-8H2,1,3H3. The summed E-state index contributed by atoms with van der Waals surface area (Å²) in [4.78, 5) is 11.0. The first-order chi connectivity index (χ1) is 7.59. The van der Waals surface area contributed by atoms with Crippen LogP contribution in [0.4, 0.5) is 0 Å². The van der Waals surface area contributed by atoms with E-state index in [1.165, 1.54) is 6.26 Å². The lowest BCUT2D eigenvalue weighted by Gasteiger charge is -2.12. The molecular formula is C11H16O5. The molecule has 0 N–H and O–H groups in total. The first kappa shape index (κ1) is 12.7. The average Bonchev–Trinajstić information content (AvgIpc) is 3.02. The van der Waals surface area contributed by atoms with Gasteiger partial charge in [-0.15, -0.1) is 0 Å². The number of carbonyl (C=O) groups is 1. The first-order valence-electron chi connectivity index (χ1n) is 4.99. The van der Waals surface area contributed by atoms with Crippen molar-refractivity contribution in [1.29, 1.82) is 0 Å². The zero-order valence-electron chi connectivity index (χ0n) is 9.52. The van der Waals surface area contributed by atoms with E-state index in [0.29, 0.717) is 12.2 Å². The SMILES string of the molecule is C=C(C)C(=O)OCCOC1(OC=CC)CO1. The summed E-state index contributed by atoms with van der Waals surface area (Å²) in [5.41, 5.74) is 0.363. The van der Waals surface area contributed by atoms with Gasteiger partial charge in [-0.05, 0) is 13.8 Å². The molecule has 1 rings (SSSR count). The Kier molecular flexibility index (Phi) is 4.52. The summed E-state index contributed by atoms with van der Waals surface area (Å²) in [6.45, 7) is 7.62. The zero-order valence-corrected chi connectivity index (χ0v) is 9.52. The fourth-order valence-corrected chi connectivity index (χ4v) is 0.871. The number of carbonyl (C=O) groups excluding carboxylic acids is 1. The molecule has 0 bridgehead atoms. The van der Waals surface area contributed by atoms with Crippen molar-refractivity contribution in [3.05, 3.63) is 24.5 Å². The Morgan fingerprint density at radius 3 is 2.75 bits per heavy atom. The number of epoxide rings is 1. The maximum atomic E-state index is 11.0. The van der Waals surface area contributed by atoms with E-state index >= 15 is 0 Å². The number of allylic oxidation sites excluding steroid dienone is 1. The van der Waals surface area contributed by atoms with Crippen molar-refractivity contribution in [2.75, 3.05) is 19.8 Å². The van der Waals surface area contributed by atoms with E-state index in [-0.39, 0.29) is 13.2 Å². The summed E-state index contributed by atoms with van der Waals surface area (Å²) < 4.78 is 20.3. The molecule has 0 aromatic carbocycles. The van der Waals surface area contributed by atoms with Crippen LogP contribution in [-0.4, -0.2) is 31.8 Å². The summed E-state index contributed by atoms with van der Waals surface area (Å²) >= 11 is 0. The van der Waals surface area contributed by atoms with Gasteiger partial charge < -0.3 is 18.9 Å². The third-order valence-electron chi connectivity index (χ3n) is 1.75. The molecule has 0 radical (unpaired) electrons. The van der Waals surface area contributed by atoms with Gasteiger partial charge in [0.2, 0.25) is 0 Å². The highest BCUT2D eigenvalue weighted by molar-refractivity contribution is 5.86. The second kappa shape index (κ2) is 5.67. The molecule has 0 spiro atoms. The Morgan fingerprint density at radius 1 is 1.56 bits per heavy atom. The van der Waals surface area contributed by atoms with E-state index in [1.54, 1.807) is 13.0 Å². The molecule has 1 aliphatic rings. The van der Waals surface area contributed by atoms with Crippen molar-refractivity contribution in [3.63, 3.8) is 0 Å². The van der Waals surface area contributed by atoms with Crippen LogP contribution in [0.25, 0.3) is 0 Å². The third-order valence-corrected chi connectivity index (χ3v) is 1.75. The maximum Gasteiger partial charge on any atom is 0.352 e. The molecule has 0 amide bonds. The normalized spacial score (nSPS) is 23.1. The van der Waals surface area contributed by atoms with E-state index in [9.17, 15) is 4.79 Å². The fourth-order valence-electron chi connectivity index (χ4n) is 0.871. The van der Waals surface area contributed by atoms with Gasteiger partial charge in [-0.1, -0.05) is 12.7 Å². The summed E-state index contributed by atoms with van der Waals surface area (Å²) in [7, 11) is 0. The summed E-state index contributed by atoms with van der Waals surface area (Å²) in [5.74, 6) is -1.40. The van der Waals surface area contributed by atoms with Gasteiger partial charge in [-0.25, -0.2) is 4.79 Å². The summed E-state index contributed by atoms with van der Waals surface area (Å²) in [6, 6.07) is 0. The van der Waals surface area contributed by atoms with E-state index in [1.807, 2.05) is 6.92 Å². The van der Waals surface area contributed by atoms with Crippen LogP contribution in [0, 0.1) is 0 Å². The largest absolute Gasteiger partial charge is 0.460 e. The van der Waals surface area contributed by atoms with Gasteiger partial charge in [0.25, 0.3) is 0 Å². The van der Waals surface area contributed by atoms with E-state index in [2.05, 4.69) is 6.58 Å². The predicted octanol–water partition coefficient (Wildman–Crippen LogP) is 1.36. The minimum atomic E-state index is -0.970. The summed E-state index contributed by atoms with van der Waals surface area (Å²) in [6.07, 6.45) is 3.22. The molecule has 1 saturated heterocycles. The van der Waals surface area contributed by atoms with Crippen molar-refractivity contribution in [2.45, 2.75) is 19.8 Å². The van der Waals surface area contributed by atoms with Gasteiger partial charge in [0.15, 0.2) is 0 Å². The number of hydrogen-bond acceptors (Lipinski definition) is 5. The molecule has 1 heterocycles. The van der Waals surface area contributed by atoms with Crippen molar-refractivity contribution < 1.29 is 23.7 Å². The van der Waals surface area contributed by atoms with Crippen molar-refractivity contribution in [2.24, 2.45) is 0 Å². The van der Waals surface area contributed by atoms with Crippen LogP contribution in [0.1, 0.15) is 13.8 Å². The van der Waals surface area contributed by atoms with Crippen LogP contribution in [0.3, 0.4) is 0 Å². The molecule has 0 aliphatic carbocycles. The van der Waals surface area contributed by atoms with Gasteiger partial charge in [-0.3, -0.25) is 0 Å². The van der Waals surface area contributed by atoms with Crippen LogP contribution < -0.4 is 0 Å². The van der Waals surface area contributed by atoms with Crippen molar-refractivity contribution in [1.82, 2.24) is 0 Å². The van der Waals surface area contributed by atoms with Gasteiger partial charge in [0, 0.05) is 5.57 Å². The Morgan fingerprint density at radius 2 is 2.25 bits per heavy atom. The Bertz CT molecular complexity index is 291. The van der Waals surface area contributed by atoms with Crippen LogP contribution in [0.2, 0.25) is 0 Å². The highest BCUT2D eigenvalue weighted by atomic mass is 16.9. The van der Waals surface area contributed by atoms with E-state index in [4.69, 9.17) is 18.9 Å². The highest BCUT2D eigenvalue weighted by Crippen LogP contribution is 2.29. The molecule has 16 heavy (non-hydrogen) atoms. The lowest BCUT2D eigenvalue weighted by molar-refractivity contribution is -0.203. The molecular weight excluding hydrogens is 212 g/mol. The average molecular weight is 228 g/mol. The Hall–Kier alpha value is -1.33. The number of ether oxygens (including phenoxy) is 4. The van der Waals surface area contributed by atoms with E-state index < -0.39 is 11.9 Å². The molecule has 5 nitrogen and oxygen atoms in total. The molecule has 0 aromatic heterocycles. The molecule has 90 valence electrons. The maximum absolute atomic E-state index is 11.0. The van der Waals surface area contributed by atoms with Crippen molar-refractivity contribution in [3.8, 4) is 0 Å². The lowest BCUT2D eigenvalue weighted by atomic mass is 10.4. The number of hydrogen-bond donors (Lipinski definition) is 0. The predicted molar refractivity (Wildman–Crippen MR) is 56.3 cm³/mol. The first-order valence-corrected chi connectivity index (χ1v) is 4.99. The molecule has 1 fully saturated rings. The molecule has 1 atom stereocenters. The van der Waals surface area contributed by atoms with Crippen LogP contribution in [0.15, 0.2) is 24.5 Å². The number of esters is 1. The van der Waals surface area contributed by atoms with Gasteiger partial charge in [-0.2, -0.15) is 0 Å².